The quantitative estimate of drug-likeness (QED) is 0.187. The molecule has 0 unspecified atom stereocenters. The Labute approximate surface area is 202 Å². The van der Waals surface area contributed by atoms with Crippen molar-refractivity contribution in [1.82, 2.24) is 20.6 Å². The zero-order valence-corrected chi connectivity index (χ0v) is 19.7. The molecule has 4 rings (SSSR count). The third-order valence-corrected chi connectivity index (χ3v) is 5.72. The molecule has 0 saturated heterocycles. The SMILES string of the molecule is CCCCCC/C=C/Oc1ccc(C(=O)c2c(C)ccc3oc(-c4nn[nH]n4)c(N)c(=O)c23)cc1. The minimum absolute atomic E-state index is 0.00146. The van der Waals surface area contributed by atoms with E-state index in [2.05, 4.69) is 27.5 Å². The number of nitrogens with two attached hydrogens (primary N) is 1. The fourth-order valence-electron chi connectivity index (χ4n) is 3.83. The summed E-state index contributed by atoms with van der Waals surface area (Å²) in [7, 11) is 0. The molecule has 0 saturated carbocycles. The van der Waals surface area contributed by atoms with Gasteiger partial charge in [-0.2, -0.15) is 5.21 Å². The van der Waals surface area contributed by atoms with Crippen LogP contribution >= 0.6 is 0 Å². The van der Waals surface area contributed by atoms with Crippen molar-refractivity contribution in [3.8, 4) is 17.3 Å². The van der Waals surface area contributed by atoms with Gasteiger partial charge in [-0.1, -0.05) is 32.3 Å². The molecule has 180 valence electrons. The number of aryl methyl sites for hydroxylation is 1. The number of tetrazole rings is 1. The molecule has 35 heavy (non-hydrogen) atoms. The molecular formula is C26H27N5O4. The second-order valence-corrected chi connectivity index (χ2v) is 8.23. The first-order valence-electron chi connectivity index (χ1n) is 11.6. The van der Waals surface area contributed by atoms with Gasteiger partial charge in [-0.3, -0.25) is 9.59 Å². The summed E-state index contributed by atoms with van der Waals surface area (Å²) in [6.45, 7) is 3.95. The van der Waals surface area contributed by atoms with E-state index in [1.165, 1.54) is 19.3 Å². The molecule has 0 atom stereocenters. The maximum atomic E-state index is 13.4. The minimum atomic E-state index is -0.526. The molecule has 2 aromatic heterocycles. The van der Waals surface area contributed by atoms with E-state index in [1.807, 2.05) is 6.08 Å². The summed E-state index contributed by atoms with van der Waals surface area (Å²) >= 11 is 0. The van der Waals surface area contributed by atoms with E-state index < -0.39 is 5.43 Å². The summed E-state index contributed by atoms with van der Waals surface area (Å²) < 4.78 is 11.5. The van der Waals surface area contributed by atoms with Gasteiger partial charge in [0.1, 0.15) is 17.0 Å². The maximum absolute atomic E-state index is 13.4. The van der Waals surface area contributed by atoms with Gasteiger partial charge in [-0.25, -0.2) is 0 Å². The second kappa shape index (κ2) is 10.8. The Morgan fingerprint density at radius 1 is 1.14 bits per heavy atom. The number of benzene rings is 2. The van der Waals surface area contributed by atoms with Gasteiger partial charge in [0.05, 0.1) is 11.6 Å². The van der Waals surface area contributed by atoms with Crippen LogP contribution in [0.15, 0.2) is 57.9 Å². The summed E-state index contributed by atoms with van der Waals surface area (Å²) in [6, 6.07) is 10.1. The average molecular weight is 474 g/mol. The van der Waals surface area contributed by atoms with Gasteiger partial charge in [0.25, 0.3) is 0 Å². The predicted molar refractivity (Wildman–Crippen MR) is 133 cm³/mol. The number of carbonyl (C=O) groups excluding carboxylic acids is 1. The van der Waals surface area contributed by atoms with E-state index in [-0.39, 0.29) is 39.6 Å². The Hall–Kier alpha value is -4.27. The first kappa shape index (κ1) is 23.9. The zero-order valence-electron chi connectivity index (χ0n) is 19.7. The molecular weight excluding hydrogens is 446 g/mol. The van der Waals surface area contributed by atoms with Crippen LogP contribution < -0.4 is 15.9 Å². The van der Waals surface area contributed by atoms with E-state index in [0.29, 0.717) is 16.9 Å². The fourth-order valence-corrected chi connectivity index (χ4v) is 3.83. The smallest absolute Gasteiger partial charge is 0.242 e. The Morgan fingerprint density at radius 2 is 1.94 bits per heavy atom. The van der Waals surface area contributed by atoms with Crippen LogP contribution in [0.1, 0.15) is 60.5 Å². The highest BCUT2D eigenvalue weighted by Gasteiger charge is 2.23. The lowest BCUT2D eigenvalue weighted by Gasteiger charge is -2.11. The zero-order chi connectivity index (χ0) is 24.8. The Morgan fingerprint density at radius 3 is 2.66 bits per heavy atom. The number of anilines is 1. The molecule has 3 N–H and O–H groups in total. The van der Waals surface area contributed by atoms with Crippen LogP contribution in [0.5, 0.6) is 5.75 Å². The molecule has 9 nitrogen and oxygen atoms in total. The number of allylic oxidation sites excluding steroid dienone is 1. The number of aromatic nitrogens is 4. The van der Waals surface area contributed by atoms with Crippen molar-refractivity contribution in [2.45, 2.75) is 46.0 Å². The first-order valence-corrected chi connectivity index (χ1v) is 11.6. The lowest BCUT2D eigenvalue weighted by Crippen LogP contribution is -2.15. The molecule has 0 aliphatic carbocycles. The van der Waals surface area contributed by atoms with Crippen molar-refractivity contribution >= 4 is 22.4 Å². The van der Waals surface area contributed by atoms with E-state index in [1.54, 1.807) is 49.6 Å². The van der Waals surface area contributed by atoms with Crippen LogP contribution in [0.25, 0.3) is 22.6 Å². The number of fused-ring (bicyclic) bond motifs is 1. The molecule has 0 amide bonds. The van der Waals surface area contributed by atoms with Gasteiger partial charge >= 0.3 is 0 Å². The molecule has 0 aliphatic rings. The maximum Gasteiger partial charge on any atom is 0.242 e. The molecule has 2 aromatic carbocycles. The molecule has 0 spiro atoms. The van der Waals surface area contributed by atoms with Crippen LogP contribution in [-0.2, 0) is 0 Å². The van der Waals surface area contributed by atoms with E-state index >= 15 is 0 Å². The molecule has 0 fully saturated rings. The molecule has 0 aliphatic heterocycles. The van der Waals surface area contributed by atoms with E-state index in [0.717, 1.165) is 12.8 Å². The third kappa shape index (κ3) is 5.13. The number of nitrogen functional groups attached to an aromatic ring is 1. The van der Waals surface area contributed by atoms with Crippen molar-refractivity contribution in [2.75, 3.05) is 5.73 Å². The normalized spacial score (nSPS) is 11.4. The number of hydrogen-bond donors (Lipinski definition) is 2. The van der Waals surface area contributed by atoms with Gasteiger partial charge in [0.15, 0.2) is 5.78 Å². The highest BCUT2D eigenvalue weighted by molar-refractivity contribution is 6.17. The van der Waals surface area contributed by atoms with E-state index in [9.17, 15) is 9.59 Å². The van der Waals surface area contributed by atoms with Crippen LogP contribution in [0.3, 0.4) is 0 Å². The third-order valence-electron chi connectivity index (χ3n) is 5.72. The number of ketones is 1. The summed E-state index contributed by atoms with van der Waals surface area (Å²) in [5.74, 6) is 0.360. The van der Waals surface area contributed by atoms with Gasteiger partial charge in [-0.05, 0) is 67.0 Å². The number of aromatic amines is 1. The number of H-pyrrole nitrogens is 1. The van der Waals surface area contributed by atoms with Crippen molar-refractivity contribution in [2.24, 2.45) is 0 Å². The average Bonchev–Trinajstić information content (AvgIpc) is 3.40. The predicted octanol–water partition coefficient (Wildman–Crippen LogP) is 4.96. The lowest BCUT2D eigenvalue weighted by molar-refractivity contribution is 0.103. The summed E-state index contributed by atoms with van der Waals surface area (Å²) in [5, 5.41) is 13.5. The van der Waals surface area contributed by atoms with Crippen LogP contribution in [0.2, 0.25) is 0 Å². The number of rotatable bonds is 10. The minimum Gasteiger partial charge on any atom is -0.465 e. The Kier molecular flexibility index (Phi) is 7.35. The highest BCUT2D eigenvalue weighted by Crippen LogP contribution is 2.29. The monoisotopic (exact) mass is 473 g/mol. The highest BCUT2D eigenvalue weighted by atomic mass is 16.5. The number of ether oxygens (including phenoxy) is 1. The van der Waals surface area contributed by atoms with Gasteiger partial charge < -0.3 is 14.9 Å². The lowest BCUT2D eigenvalue weighted by atomic mass is 9.94. The molecule has 2 heterocycles. The number of nitrogens with zero attached hydrogens (tertiary/aromatic N) is 3. The molecule has 9 heteroatoms. The number of carbonyl (C=O) groups is 1. The largest absolute Gasteiger partial charge is 0.465 e. The molecule has 4 aromatic rings. The molecule has 0 radical (unpaired) electrons. The van der Waals surface area contributed by atoms with Gasteiger partial charge in [0, 0.05) is 11.1 Å². The standard InChI is InChI=1S/C26H27N5O4/c1-3-4-5-6-7-8-15-34-18-12-10-17(11-13-18)23(32)20-16(2)9-14-19-21(20)24(33)22(27)25(35-19)26-28-30-31-29-26/h8-15H,3-7,27H2,1-2H3,(H,28,29,30,31)/b15-8+. The first-order chi connectivity index (χ1) is 17.0. The van der Waals surface area contributed by atoms with Crippen molar-refractivity contribution in [1.29, 1.82) is 0 Å². The van der Waals surface area contributed by atoms with Crippen molar-refractivity contribution in [3.63, 3.8) is 0 Å². The Bertz CT molecular complexity index is 1410. The topological polar surface area (TPSA) is 137 Å². The molecule has 0 bridgehead atoms. The number of nitrogens with one attached hydrogen (secondary N) is 1. The number of unbranched alkanes of at least 4 members (excludes halogenated alkanes) is 4. The van der Waals surface area contributed by atoms with Crippen LogP contribution in [0, 0.1) is 6.92 Å². The fraction of sp³-hybridized carbons (Fsp3) is 0.269. The second-order valence-electron chi connectivity index (χ2n) is 8.23. The summed E-state index contributed by atoms with van der Waals surface area (Å²) in [6.07, 6.45) is 9.46. The van der Waals surface area contributed by atoms with Gasteiger partial charge in [0.2, 0.25) is 17.0 Å². The number of hydrogen-bond acceptors (Lipinski definition) is 8. The van der Waals surface area contributed by atoms with Gasteiger partial charge in [-0.15, -0.1) is 10.2 Å². The van der Waals surface area contributed by atoms with Crippen LogP contribution in [0.4, 0.5) is 5.69 Å². The Balaban J connectivity index is 1.59. The van der Waals surface area contributed by atoms with Crippen LogP contribution in [-0.4, -0.2) is 26.4 Å². The summed E-state index contributed by atoms with van der Waals surface area (Å²) in [4.78, 5) is 26.6. The summed E-state index contributed by atoms with van der Waals surface area (Å²) in [5.41, 5.74) is 6.83. The van der Waals surface area contributed by atoms with E-state index in [4.69, 9.17) is 14.9 Å². The van der Waals surface area contributed by atoms with Crippen molar-refractivity contribution < 1.29 is 13.9 Å². The van der Waals surface area contributed by atoms with Crippen molar-refractivity contribution in [3.05, 3.63) is 75.6 Å².